The molecule has 1 aliphatic heterocycles. The first kappa shape index (κ1) is 32.9. The maximum Gasteiger partial charge on any atom is 0.254 e. The minimum Gasteiger partial charge on any atom is -0.495 e. The molecule has 0 spiro atoms. The molecule has 218 valence electrons. The molecule has 39 heavy (non-hydrogen) atoms. The highest BCUT2D eigenvalue weighted by Crippen LogP contribution is 2.32. The standard InChI is InChI=1S/C24H33ClFN7O2.C2H6.CH4S/c1-27-18-5-4-6-19(18)30-22-16(25)13-28-24(32-22)31-20-12-17(26)15(11-21(20)35-3)23(34)29-14-7-9-33(2)10-8-14;2*1-2/h11-14,18-19,27H,4-10H2,1-3H3,(H,29,34)(H2,28,30,31,32);1-2H3;2H,1H3/t18-,19-;;/m1../s1. The van der Waals surface area contributed by atoms with Crippen LogP contribution in [0.4, 0.5) is 21.8 Å². The zero-order chi connectivity index (χ0) is 28.9. The van der Waals surface area contributed by atoms with E-state index in [4.69, 9.17) is 16.3 Å². The number of ether oxygens (including phenoxy) is 1. The Bertz CT molecular complexity index is 1060. The highest BCUT2D eigenvalue weighted by molar-refractivity contribution is 7.79. The summed E-state index contributed by atoms with van der Waals surface area (Å²) in [6, 6.07) is 3.18. The van der Waals surface area contributed by atoms with Gasteiger partial charge in [-0.05, 0) is 71.6 Å². The van der Waals surface area contributed by atoms with E-state index in [0.717, 1.165) is 45.2 Å². The van der Waals surface area contributed by atoms with E-state index in [0.29, 0.717) is 28.3 Å². The van der Waals surface area contributed by atoms with E-state index in [9.17, 15) is 9.18 Å². The first-order valence-electron chi connectivity index (χ1n) is 13.4. The maximum atomic E-state index is 15.0. The van der Waals surface area contributed by atoms with Gasteiger partial charge in [-0.25, -0.2) is 9.37 Å². The molecule has 2 atom stereocenters. The Labute approximate surface area is 242 Å². The van der Waals surface area contributed by atoms with Crippen LogP contribution in [-0.2, 0) is 0 Å². The van der Waals surface area contributed by atoms with Gasteiger partial charge in [0, 0.05) is 24.2 Å². The van der Waals surface area contributed by atoms with E-state index in [-0.39, 0.29) is 23.6 Å². The summed E-state index contributed by atoms with van der Waals surface area (Å²) in [5.41, 5.74) is 0.244. The maximum absolute atomic E-state index is 15.0. The van der Waals surface area contributed by atoms with Gasteiger partial charge >= 0.3 is 0 Å². The zero-order valence-electron chi connectivity index (χ0n) is 23.8. The van der Waals surface area contributed by atoms with Gasteiger partial charge in [0.2, 0.25) is 5.95 Å². The van der Waals surface area contributed by atoms with Crippen LogP contribution in [-0.4, -0.2) is 79.5 Å². The quantitative estimate of drug-likeness (QED) is 0.278. The van der Waals surface area contributed by atoms with Gasteiger partial charge in [0.25, 0.3) is 5.91 Å². The molecule has 1 aromatic heterocycles. The summed E-state index contributed by atoms with van der Waals surface area (Å²) >= 11 is 9.86. The summed E-state index contributed by atoms with van der Waals surface area (Å²) in [5, 5.41) is 13.0. The number of rotatable bonds is 8. The molecule has 0 radical (unpaired) electrons. The van der Waals surface area contributed by atoms with Crippen molar-refractivity contribution in [2.75, 3.05) is 51.2 Å². The van der Waals surface area contributed by atoms with Crippen LogP contribution in [0, 0.1) is 5.82 Å². The van der Waals surface area contributed by atoms with Crippen LogP contribution in [0.15, 0.2) is 18.3 Å². The number of likely N-dealkylation sites (tertiary alicyclic amines) is 1. The molecule has 1 saturated carbocycles. The molecule has 2 aliphatic rings. The molecular formula is C27H43ClFN7O2S. The highest BCUT2D eigenvalue weighted by atomic mass is 35.5. The number of carbonyl (C=O) groups is 1. The minimum absolute atomic E-state index is 0.0256. The molecule has 2 fully saturated rings. The number of benzene rings is 1. The van der Waals surface area contributed by atoms with E-state index in [1.807, 2.05) is 27.9 Å². The van der Waals surface area contributed by atoms with Gasteiger partial charge in [0.15, 0.2) is 5.82 Å². The van der Waals surface area contributed by atoms with Crippen LogP contribution < -0.4 is 26.0 Å². The number of halogens is 2. The Hall–Kier alpha value is -2.34. The number of nitrogens with zero attached hydrogens (tertiary/aromatic N) is 3. The number of anilines is 3. The van der Waals surface area contributed by atoms with Gasteiger partial charge in [0.1, 0.15) is 16.6 Å². The average Bonchev–Trinajstić information content (AvgIpc) is 3.41. The normalized spacial score (nSPS) is 19.2. The molecule has 2 aromatic rings. The van der Waals surface area contributed by atoms with Gasteiger partial charge in [0.05, 0.1) is 24.6 Å². The lowest BCUT2D eigenvalue weighted by molar-refractivity contribution is 0.0912. The number of amides is 1. The van der Waals surface area contributed by atoms with Crippen molar-refractivity contribution in [2.24, 2.45) is 0 Å². The first-order chi connectivity index (χ1) is 18.9. The lowest BCUT2D eigenvalue weighted by Gasteiger charge is -2.29. The molecule has 12 heteroatoms. The van der Waals surface area contributed by atoms with Gasteiger partial charge in [-0.1, -0.05) is 25.4 Å². The largest absolute Gasteiger partial charge is 0.495 e. The SMILES string of the molecule is CC.CN[C@@H]1CCC[C@H]1Nc1nc(Nc2cc(F)c(C(=O)NC3CCN(C)CC3)cc2OC)ncc1Cl.CS. The second-order valence-electron chi connectivity index (χ2n) is 9.18. The van der Waals surface area contributed by atoms with Crippen LogP contribution in [0.1, 0.15) is 56.3 Å². The van der Waals surface area contributed by atoms with E-state index in [1.165, 1.54) is 25.4 Å². The third kappa shape index (κ3) is 9.09. The fourth-order valence-electron chi connectivity index (χ4n) is 4.71. The number of hydrogen-bond donors (Lipinski definition) is 5. The van der Waals surface area contributed by atoms with Crippen molar-refractivity contribution in [2.45, 2.75) is 64.1 Å². The number of nitrogens with one attached hydrogen (secondary N) is 4. The summed E-state index contributed by atoms with van der Waals surface area (Å²) < 4.78 is 20.4. The van der Waals surface area contributed by atoms with E-state index < -0.39 is 11.7 Å². The Kier molecular flexibility index (Phi) is 14.1. The van der Waals surface area contributed by atoms with Crippen LogP contribution in [0.3, 0.4) is 0 Å². The predicted molar refractivity (Wildman–Crippen MR) is 162 cm³/mol. The smallest absolute Gasteiger partial charge is 0.254 e. The molecule has 4 N–H and O–H groups in total. The number of likely N-dealkylation sites (N-methyl/N-ethyl adjacent to an activating group) is 1. The molecule has 0 bridgehead atoms. The molecule has 1 aromatic carbocycles. The molecule has 9 nitrogen and oxygen atoms in total. The summed E-state index contributed by atoms with van der Waals surface area (Å²) in [7, 11) is 5.45. The van der Waals surface area contributed by atoms with Crippen molar-refractivity contribution < 1.29 is 13.9 Å². The predicted octanol–water partition coefficient (Wildman–Crippen LogP) is 4.97. The average molecular weight is 584 g/mol. The van der Waals surface area contributed by atoms with Crippen LogP contribution >= 0.6 is 24.2 Å². The molecule has 1 saturated heterocycles. The number of piperidine rings is 1. The second kappa shape index (κ2) is 16.7. The van der Waals surface area contributed by atoms with Gasteiger partial charge in [-0.15, -0.1) is 0 Å². The molecule has 2 heterocycles. The van der Waals surface area contributed by atoms with Crippen molar-refractivity contribution in [3.05, 3.63) is 34.7 Å². The first-order valence-corrected chi connectivity index (χ1v) is 14.7. The number of hydrogen-bond acceptors (Lipinski definition) is 9. The number of carbonyl (C=O) groups excluding carboxylic acids is 1. The monoisotopic (exact) mass is 583 g/mol. The molecule has 0 unspecified atom stereocenters. The third-order valence-corrected chi connectivity index (χ3v) is 7.06. The van der Waals surface area contributed by atoms with Gasteiger partial charge in [-0.2, -0.15) is 17.6 Å². The minimum atomic E-state index is -0.658. The van der Waals surface area contributed by atoms with Gasteiger partial charge < -0.3 is 30.9 Å². The van der Waals surface area contributed by atoms with E-state index >= 15 is 0 Å². The fraction of sp³-hybridized carbons (Fsp3) is 0.593. The van der Waals surface area contributed by atoms with Gasteiger partial charge in [-0.3, -0.25) is 4.79 Å². The lowest BCUT2D eigenvalue weighted by atomic mass is 10.0. The van der Waals surface area contributed by atoms with Crippen LogP contribution in [0.25, 0.3) is 0 Å². The van der Waals surface area contributed by atoms with Crippen LogP contribution in [0.5, 0.6) is 5.75 Å². The second-order valence-corrected chi connectivity index (χ2v) is 9.58. The molecule has 4 rings (SSSR count). The van der Waals surface area contributed by atoms with E-state index in [1.54, 1.807) is 6.26 Å². The number of methoxy groups -OCH3 is 1. The van der Waals surface area contributed by atoms with E-state index in [2.05, 4.69) is 48.8 Å². The zero-order valence-corrected chi connectivity index (χ0v) is 25.4. The topological polar surface area (TPSA) is 103 Å². The number of aromatic nitrogens is 2. The summed E-state index contributed by atoms with van der Waals surface area (Å²) in [6.07, 6.45) is 8.06. The van der Waals surface area contributed by atoms with Crippen molar-refractivity contribution in [3.63, 3.8) is 0 Å². The highest BCUT2D eigenvalue weighted by Gasteiger charge is 2.27. The van der Waals surface area contributed by atoms with Crippen molar-refractivity contribution >= 4 is 47.6 Å². The summed E-state index contributed by atoms with van der Waals surface area (Å²) in [5.74, 6) is -0.0679. The fourth-order valence-corrected chi connectivity index (χ4v) is 4.86. The Morgan fingerprint density at radius 1 is 1.15 bits per heavy atom. The molecule has 1 aliphatic carbocycles. The molecular weight excluding hydrogens is 541 g/mol. The summed E-state index contributed by atoms with van der Waals surface area (Å²) in [4.78, 5) is 23.7. The Morgan fingerprint density at radius 2 is 1.82 bits per heavy atom. The summed E-state index contributed by atoms with van der Waals surface area (Å²) in [6.45, 7) is 5.79. The Morgan fingerprint density at radius 3 is 2.46 bits per heavy atom. The van der Waals surface area contributed by atoms with Crippen molar-refractivity contribution in [3.8, 4) is 5.75 Å². The number of thiol groups is 1. The van der Waals surface area contributed by atoms with Crippen molar-refractivity contribution in [1.82, 2.24) is 25.5 Å². The third-order valence-electron chi connectivity index (χ3n) is 6.79. The molecule has 1 amide bonds. The van der Waals surface area contributed by atoms with Crippen LogP contribution in [0.2, 0.25) is 5.02 Å². The Balaban J connectivity index is 0.00000127. The van der Waals surface area contributed by atoms with Crippen molar-refractivity contribution in [1.29, 1.82) is 0 Å². The lowest BCUT2D eigenvalue weighted by Crippen LogP contribution is -2.43.